The Balaban J connectivity index is 1.32. The summed E-state index contributed by atoms with van der Waals surface area (Å²) in [6, 6.07) is 14.5. The summed E-state index contributed by atoms with van der Waals surface area (Å²) in [5.74, 6) is 0.613. The zero-order chi connectivity index (χ0) is 23.5. The Kier molecular flexibility index (Phi) is 7.02. The topological polar surface area (TPSA) is 34.5 Å². The molecule has 0 unspecified atom stereocenters. The summed E-state index contributed by atoms with van der Waals surface area (Å²) in [4.78, 5) is 15.6. The Bertz CT molecular complexity index is 1250. The van der Waals surface area contributed by atoms with Gasteiger partial charge in [0.1, 0.15) is 10.9 Å². The second kappa shape index (κ2) is 10.3. The number of hydrogen-bond acceptors (Lipinski definition) is 4. The third-order valence-corrected chi connectivity index (χ3v) is 8.02. The molecule has 1 saturated heterocycles. The monoisotopic (exact) mass is 494 g/mol. The molecule has 2 aliphatic rings. The number of nitrogens with zero attached hydrogens (tertiary/aromatic N) is 2. The number of rotatable bonds is 8. The highest BCUT2D eigenvalue weighted by atomic mass is 32.2. The molecule has 1 amide bonds. The predicted molar refractivity (Wildman–Crippen MR) is 140 cm³/mol. The molecule has 0 N–H and O–H groups in total. The van der Waals surface area contributed by atoms with Gasteiger partial charge < -0.3 is 9.30 Å². The van der Waals surface area contributed by atoms with Crippen molar-refractivity contribution in [2.45, 2.75) is 38.6 Å². The predicted octanol–water partition coefficient (Wildman–Crippen LogP) is 6.64. The fourth-order valence-corrected chi connectivity index (χ4v) is 6.14. The van der Waals surface area contributed by atoms with Gasteiger partial charge in [0.25, 0.3) is 5.91 Å². The molecule has 0 radical (unpaired) electrons. The molecule has 1 aliphatic carbocycles. The van der Waals surface area contributed by atoms with Crippen LogP contribution in [-0.4, -0.2) is 32.8 Å². The van der Waals surface area contributed by atoms with Gasteiger partial charge in [-0.2, -0.15) is 0 Å². The number of ether oxygens (including phenoxy) is 1. The van der Waals surface area contributed by atoms with E-state index in [1.54, 1.807) is 23.1 Å². The van der Waals surface area contributed by atoms with E-state index in [1.165, 1.54) is 43.5 Å². The maximum Gasteiger partial charge on any atom is 0.266 e. The van der Waals surface area contributed by atoms with Crippen molar-refractivity contribution < 1.29 is 13.9 Å². The molecule has 0 atom stereocenters. The number of fused-ring (bicyclic) bond motifs is 1. The number of aromatic nitrogens is 1. The zero-order valence-electron chi connectivity index (χ0n) is 18.9. The highest BCUT2D eigenvalue weighted by Crippen LogP contribution is 2.36. The van der Waals surface area contributed by atoms with Crippen LogP contribution < -0.4 is 4.74 Å². The van der Waals surface area contributed by atoms with Crippen LogP contribution in [0.1, 0.15) is 37.7 Å². The number of thiocarbonyl (C=S) groups is 1. The van der Waals surface area contributed by atoms with Gasteiger partial charge in [-0.05, 0) is 36.6 Å². The molecule has 2 heterocycles. The molecule has 1 aromatic heterocycles. The van der Waals surface area contributed by atoms with Gasteiger partial charge in [0, 0.05) is 29.2 Å². The SMILES string of the molecule is O=C1/C(=C/c2cn(CCOc3ccccc3F)c3ccccc23)SC(=S)N1CCC1CCCC1. The van der Waals surface area contributed by atoms with Crippen molar-refractivity contribution in [2.24, 2.45) is 5.92 Å². The van der Waals surface area contributed by atoms with Crippen molar-refractivity contribution in [3.8, 4) is 5.75 Å². The largest absolute Gasteiger partial charge is 0.489 e. The van der Waals surface area contributed by atoms with E-state index >= 15 is 0 Å². The maximum atomic E-state index is 13.9. The molecule has 0 bridgehead atoms. The fraction of sp³-hybridized carbons (Fsp3) is 0.333. The van der Waals surface area contributed by atoms with Crippen LogP contribution in [0.2, 0.25) is 0 Å². The molecule has 0 spiro atoms. The van der Waals surface area contributed by atoms with Crippen LogP contribution in [0.3, 0.4) is 0 Å². The minimum atomic E-state index is -0.365. The Morgan fingerprint density at radius 2 is 1.85 bits per heavy atom. The minimum absolute atomic E-state index is 0.00714. The summed E-state index contributed by atoms with van der Waals surface area (Å²) >= 11 is 6.93. The quantitative estimate of drug-likeness (QED) is 0.260. The molecule has 2 fully saturated rings. The molecule has 1 saturated carbocycles. The minimum Gasteiger partial charge on any atom is -0.489 e. The van der Waals surface area contributed by atoms with Gasteiger partial charge in [-0.15, -0.1) is 0 Å². The number of carbonyl (C=O) groups is 1. The van der Waals surface area contributed by atoms with Crippen LogP contribution in [0, 0.1) is 11.7 Å². The van der Waals surface area contributed by atoms with Crippen LogP contribution in [0.25, 0.3) is 17.0 Å². The molecule has 7 heteroatoms. The highest BCUT2D eigenvalue weighted by molar-refractivity contribution is 8.26. The molecule has 4 nitrogen and oxygen atoms in total. The number of benzene rings is 2. The standard InChI is InChI=1S/C27H27FN2O2S2/c28-22-10-4-6-12-24(22)32-16-15-29-18-20(21-9-3-5-11-23(21)29)17-25-26(31)30(27(33)34-25)14-13-19-7-1-2-8-19/h3-6,9-12,17-19H,1-2,7-8,13-16H2/b25-17-. The van der Waals surface area contributed by atoms with Crippen molar-refractivity contribution in [1.82, 2.24) is 9.47 Å². The van der Waals surface area contributed by atoms with Crippen LogP contribution in [0.5, 0.6) is 5.75 Å². The number of hydrogen-bond donors (Lipinski definition) is 0. The third kappa shape index (κ3) is 4.91. The van der Waals surface area contributed by atoms with E-state index in [0.29, 0.717) is 28.9 Å². The normalized spacial score (nSPS) is 18.0. The number of amides is 1. The van der Waals surface area contributed by atoms with Gasteiger partial charge in [-0.1, -0.05) is 80.0 Å². The summed E-state index contributed by atoms with van der Waals surface area (Å²) in [6.45, 7) is 1.61. The van der Waals surface area contributed by atoms with E-state index in [-0.39, 0.29) is 17.5 Å². The summed E-state index contributed by atoms with van der Waals surface area (Å²) in [6.07, 6.45) is 10.2. The Labute approximate surface area is 208 Å². The average Bonchev–Trinajstić information content (AvgIpc) is 3.54. The van der Waals surface area contributed by atoms with Gasteiger partial charge in [0.05, 0.1) is 11.4 Å². The number of thioether (sulfide) groups is 1. The van der Waals surface area contributed by atoms with Crippen molar-refractivity contribution in [3.05, 3.63) is 71.0 Å². The summed E-state index contributed by atoms with van der Waals surface area (Å²) < 4.78 is 22.2. The first-order valence-corrected chi connectivity index (χ1v) is 13.0. The summed E-state index contributed by atoms with van der Waals surface area (Å²) in [5.41, 5.74) is 2.01. The van der Waals surface area contributed by atoms with Crippen LogP contribution in [0.4, 0.5) is 4.39 Å². The van der Waals surface area contributed by atoms with E-state index in [0.717, 1.165) is 28.8 Å². The van der Waals surface area contributed by atoms with E-state index < -0.39 is 0 Å². The van der Waals surface area contributed by atoms with Crippen molar-refractivity contribution in [3.63, 3.8) is 0 Å². The van der Waals surface area contributed by atoms with Gasteiger partial charge in [-0.25, -0.2) is 4.39 Å². The van der Waals surface area contributed by atoms with Gasteiger partial charge in [-0.3, -0.25) is 9.69 Å². The van der Waals surface area contributed by atoms with Gasteiger partial charge >= 0.3 is 0 Å². The molecule has 3 aromatic rings. The lowest BCUT2D eigenvalue weighted by Crippen LogP contribution is -2.30. The van der Waals surface area contributed by atoms with Crippen molar-refractivity contribution >= 4 is 51.2 Å². The van der Waals surface area contributed by atoms with Crippen LogP contribution in [-0.2, 0) is 11.3 Å². The molecule has 2 aromatic carbocycles. The van der Waals surface area contributed by atoms with Crippen molar-refractivity contribution in [1.29, 1.82) is 0 Å². The molecule has 34 heavy (non-hydrogen) atoms. The number of halogens is 1. The molecular formula is C27H27FN2O2S2. The van der Waals surface area contributed by atoms with E-state index in [9.17, 15) is 9.18 Å². The van der Waals surface area contributed by atoms with E-state index in [4.69, 9.17) is 17.0 Å². The first kappa shape index (κ1) is 23.1. The first-order valence-electron chi connectivity index (χ1n) is 11.8. The molecule has 1 aliphatic heterocycles. The Morgan fingerprint density at radius 1 is 1.09 bits per heavy atom. The third-order valence-electron chi connectivity index (χ3n) is 6.64. The lowest BCUT2D eigenvalue weighted by Gasteiger charge is -2.17. The second-order valence-electron chi connectivity index (χ2n) is 8.85. The van der Waals surface area contributed by atoms with Gasteiger partial charge in [0.2, 0.25) is 0 Å². The van der Waals surface area contributed by atoms with Crippen molar-refractivity contribution in [2.75, 3.05) is 13.2 Å². The van der Waals surface area contributed by atoms with E-state index in [1.807, 2.05) is 30.5 Å². The Morgan fingerprint density at radius 3 is 2.68 bits per heavy atom. The lowest BCUT2D eigenvalue weighted by atomic mass is 10.0. The molecule has 5 rings (SSSR count). The number of para-hydroxylation sites is 2. The Hall–Kier alpha value is -2.64. The second-order valence-corrected chi connectivity index (χ2v) is 10.5. The smallest absolute Gasteiger partial charge is 0.266 e. The average molecular weight is 495 g/mol. The highest BCUT2D eigenvalue weighted by Gasteiger charge is 2.32. The lowest BCUT2D eigenvalue weighted by molar-refractivity contribution is -0.122. The van der Waals surface area contributed by atoms with Crippen LogP contribution in [0.15, 0.2) is 59.6 Å². The van der Waals surface area contributed by atoms with E-state index in [2.05, 4.69) is 10.6 Å². The zero-order valence-corrected chi connectivity index (χ0v) is 20.5. The fourth-order valence-electron chi connectivity index (χ4n) is 4.84. The summed E-state index contributed by atoms with van der Waals surface area (Å²) in [5, 5.41) is 1.06. The van der Waals surface area contributed by atoms with Crippen LogP contribution >= 0.6 is 24.0 Å². The summed E-state index contributed by atoms with van der Waals surface area (Å²) in [7, 11) is 0. The molecule has 176 valence electrons. The first-order chi connectivity index (χ1) is 16.6. The maximum absolute atomic E-state index is 13.9. The van der Waals surface area contributed by atoms with Gasteiger partial charge in [0.15, 0.2) is 11.6 Å². The molecular weight excluding hydrogens is 467 g/mol. The number of carbonyl (C=O) groups excluding carboxylic acids is 1.